The van der Waals surface area contributed by atoms with E-state index in [0.717, 1.165) is 28.6 Å². The maximum absolute atomic E-state index is 5.54. The summed E-state index contributed by atoms with van der Waals surface area (Å²) in [4.78, 5) is 13.5. The molecule has 0 aliphatic rings. The first-order valence-electron chi connectivity index (χ1n) is 7.02. The second-order valence-corrected chi connectivity index (χ2v) is 5.33. The van der Waals surface area contributed by atoms with Gasteiger partial charge in [0.05, 0.1) is 12.2 Å². The second-order valence-electron chi connectivity index (χ2n) is 5.33. The number of nitrogen functional groups attached to an aromatic ring is 1. The van der Waals surface area contributed by atoms with Crippen LogP contribution in [0.3, 0.4) is 0 Å². The highest BCUT2D eigenvalue weighted by atomic mass is 15.3. The Labute approximate surface area is 125 Å². The minimum Gasteiger partial charge on any atom is -0.364 e. The molecule has 0 spiro atoms. The number of aromatic nitrogens is 3. The van der Waals surface area contributed by atoms with Gasteiger partial charge in [0.1, 0.15) is 17.5 Å². The molecule has 2 aromatic heterocycles. The molecule has 2 aromatic rings. The lowest BCUT2D eigenvalue weighted by Gasteiger charge is -2.15. The lowest BCUT2D eigenvalue weighted by atomic mass is 10.2. The van der Waals surface area contributed by atoms with E-state index in [2.05, 4.69) is 39.5 Å². The van der Waals surface area contributed by atoms with Gasteiger partial charge in [-0.25, -0.2) is 15.8 Å². The molecule has 0 amide bonds. The van der Waals surface area contributed by atoms with Crippen LogP contribution >= 0.6 is 0 Å². The zero-order chi connectivity index (χ0) is 15.4. The third-order valence-electron chi connectivity index (χ3n) is 3.20. The molecule has 0 aliphatic heterocycles. The van der Waals surface area contributed by atoms with Crippen molar-refractivity contribution in [2.45, 2.75) is 40.2 Å². The molecule has 6 heteroatoms. The first-order valence-corrected chi connectivity index (χ1v) is 7.02. The van der Waals surface area contributed by atoms with E-state index >= 15 is 0 Å². The van der Waals surface area contributed by atoms with Gasteiger partial charge in [-0.05, 0) is 26.0 Å². The number of pyridine rings is 1. The van der Waals surface area contributed by atoms with E-state index in [4.69, 9.17) is 5.84 Å². The minimum absolute atomic E-state index is 0.232. The molecule has 0 saturated heterocycles. The molecule has 2 heterocycles. The maximum Gasteiger partial charge on any atom is 0.148 e. The van der Waals surface area contributed by atoms with Crippen LogP contribution in [0.4, 0.5) is 11.6 Å². The molecule has 21 heavy (non-hydrogen) atoms. The largest absolute Gasteiger partial charge is 0.364 e. The van der Waals surface area contributed by atoms with E-state index in [-0.39, 0.29) is 5.92 Å². The Bertz CT molecular complexity index is 624. The number of hydrazine groups is 1. The smallest absolute Gasteiger partial charge is 0.148 e. The van der Waals surface area contributed by atoms with E-state index in [1.807, 2.05) is 32.0 Å². The monoisotopic (exact) mass is 286 g/mol. The summed E-state index contributed by atoms with van der Waals surface area (Å²) in [6.07, 6.45) is 0. The van der Waals surface area contributed by atoms with E-state index in [1.54, 1.807) is 0 Å². The van der Waals surface area contributed by atoms with E-state index in [1.165, 1.54) is 0 Å². The first-order chi connectivity index (χ1) is 10.0. The lowest BCUT2D eigenvalue weighted by Crippen LogP contribution is -2.15. The Morgan fingerprint density at radius 2 is 1.81 bits per heavy atom. The number of rotatable bonds is 5. The summed E-state index contributed by atoms with van der Waals surface area (Å²) in [7, 11) is 0. The van der Waals surface area contributed by atoms with Gasteiger partial charge in [-0.1, -0.05) is 19.9 Å². The van der Waals surface area contributed by atoms with E-state index < -0.39 is 0 Å². The average molecular weight is 286 g/mol. The van der Waals surface area contributed by atoms with Crippen LogP contribution < -0.4 is 16.6 Å². The summed E-state index contributed by atoms with van der Waals surface area (Å²) >= 11 is 0. The highest BCUT2D eigenvalue weighted by molar-refractivity contribution is 5.56. The molecule has 4 N–H and O–H groups in total. The Kier molecular flexibility index (Phi) is 4.70. The number of nitrogens with one attached hydrogen (secondary N) is 2. The summed E-state index contributed by atoms with van der Waals surface area (Å²) in [6, 6.07) is 5.97. The number of hydrogen-bond acceptors (Lipinski definition) is 6. The number of anilines is 2. The molecule has 0 radical (unpaired) electrons. The maximum atomic E-state index is 5.54. The Morgan fingerprint density at radius 1 is 1.10 bits per heavy atom. The number of nitrogens with two attached hydrogens (primary N) is 1. The zero-order valence-electron chi connectivity index (χ0n) is 12.9. The second kappa shape index (κ2) is 6.49. The third-order valence-corrected chi connectivity index (χ3v) is 3.20. The van der Waals surface area contributed by atoms with Gasteiger partial charge in [-0.15, -0.1) is 0 Å². The molecule has 0 fully saturated rings. The van der Waals surface area contributed by atoms with Crippen LogP contribution in [0.5, 0.6) is 0 Å². The minimum atomic E-state index is 0.232. The zero-order valence-corrected chi connectivity index (χ0v) is 12.9. The van der Waals surface area contributed by atoms with Crippen LogP contribution in [-0.2, 0) is 6.54 Å². The van der Waals surface area contributed by atoms with Gasteiger partial charge in [0.25, 0.3) is 0 Å². The van der Waals surface area contributed by atoms with Gasteiger partial charge in [0.2, 0.25) is 0 Å². The van der Waals surface area contributed by atoms with Crippen molar-refractivity contribution in [1.29, 1.82) is 0 Å². The van der Waals surface area contributed by atoms with Crippen molar-refractivity contribution in [2.75, 3.05) is 10.7 Å². The van der Waals surface area contributed by atoms with Crippen LogP contribution in [0.25, 0.3) is 0 Å². The Balaban J connectivity index is 2.24. The van der Waals surface area contributed by atoms with Crippen LogP contribution in [0.15, 0.2) is 18.2 Å². The Morgan fingerprint density at radius 3 is 2.43 bits per heavy atom. The summed E-state index contributed by atoms with van der Waals surface area (Å²) in [5.74, 6) is 7.95. The molecule has 2 rings (SSSR count). The average Bonchev–Trinajstić information content (AvgIpc) is 2.46. The predicted molar refractivity (Wildman–Crippen MR) is 85.0 cm³/mol. The molecule has 112 valence electrons. The molecular formula is C15H22N6. The van der Waals surface area contributed by atoms with Gasteiger partial charge < -0.3 is 10.7 Å². The fourth-order valence-corrected chi connectivity index (χ4v) is 1.98. The van der Waals surface area contributed by atoms with E-state index in [9.17, 15) is 0 Å². The molecule has 0 aliphatic carbocycles. The standard InChI is InChI=1S/C15H22N6/c1-9(2)13-19-14(11(4)15(20-13)21-16)17-8-12-7-5-6-10(3)18-12/h5-7,9H,8,16H2,1-4H3,(H2,17,19,20,21). The molecular weight excluding hydrogens is 264 g/mol. The normalized spacial score (nSPS) is 10.8. The predicted octanol–water partition coefficient (Wildman–Crippen LogP) is 2.51. The summed E-state index contributed by atoms with van der Waals surface area (Å²) in [6.45, 7) is 8.63. The molecule has 0 unspecified atom stereocenters. The molecule has 0 aromatic carbocycles. The van der Waals surface area contributed by atoms with Crippen LogP contribution in [0, 0.1) is 13.8 Å². The third kappa shape index (κ3) is 3.66. The van der Waals surface area contributed by atoms with Crippen molar-refractivity contribution in [3.63, 3.8) is 0 Å². The molecule has 0 saturated carbocycles. The van der Waals surface area contributed by atoms with Crippen molar-refractivity contribution in [3.05, 3.63) is 41.0 Å². The highest BCUT2D eigenvalue weighted by Crippen LogP contribution is 2.22. The van der Waals surface area contributed by atoms with Crippen molar-refractivity contribution >= 4 is 11.6 Å². The van der Waals surface area contributed by atoms with Gasteiger partial charge in [-0.3, -0.25) is 4.98 Å². The SMILES string of the molecule is Cc1cccc(CNc2nc(C(C)C)nc(NN)c2C)n1. The van der Waals surface area contributed by atoms with Crippen LogP contribution in [0.1, 0.15) is 42.5 Å². The van der Waals surface area contributed by atoms with E-state index in [0.29, 0.717) is 12.4 Å². The topological polar surface area (TPSA) is 88.8 Å². The van der Waals surface area contributed by atoms with Crippen LogP contribution in [0.2, 0.25) is 0 Å². The van der Waals surface area contributed by atoms with Crippen molar-refractivity contribution in [3.8, 4) is 0 Å². The van der Waals surface area contributed by atoms with Gasteiger partial charge in [-0.2, -0.15) is 0 Å². The highest BCUT2D eigenvalue weighted by Gasteiger charge is 2.12. The summed E-state index contributed by atoms with van der Waals surface area (Å²) < 4.78 is 0. The molecule has 0 bridgehead atoms. The number of aryl methyl sites for hydroxylation is 1. The number of nitrogens with zero attached hydrogens (tertiary/aromatic N) is 3. The quantitative estimate of drug-likeness (QED) is 0.578. The van der Waals surface area contributed by atoms with Crippen LogP contribution in [-0.4, -0.2) is 15.0 Å². The summed E-state index contributed by atoms with van der Waals surface area (Å²) in [5, 5.41) is 3.32. The van der Waals surface area contributed by atoms with Gasteiger partial charge >= 0.3 is 0 Å². The fourth-order valence-electron chi connectivity index (χ4n) is 1.98. The Hall–Kier alpha value is -2.21. The molecule has 0 atom stereocenters. The fraction of sp³-hybridized carbons (Fsp3) is 0.400. The molecule has 6 nitrogen and oxygen atoms in total. The van der Waals surface area contributed by atoms with Crippen molar-refractivity contribution in [1.82, 2.24) is 15.0 Å². The first kappa shape index (κ1) is 15.2. The van der Waals surface area contributed by atoms with Gasteiger partial charge in [0, 0.05) is 17.2 Å². The summed E-state index contributed by atoms with van der Waals surface area (Å²) in [5.41, 5.74) is 5.50. The van der Waals surface area contributed by atoms with Crippen molar-refractivity contribution in [2.24, 2.45) is 5.84 Å². The lowest BCUT2D eigenvalue weighted by molar-refractivity contribution is 0.772. The van der Waals surface area contributed by atoms with Gasteiger partial charge in [0.15, 0.2) is 0 Å². The van der Waals surface area contributed by atoms with Crippen molar-refractivity contribution < 1.29 is 0 Å². The number of hydrogen-bond donors (Lipinski definition) is 3.